The van der Waals surface area contributed by atoms with E-state index >= 15 is 0 Å². The maximum Gasteiger partial charge on any atom is 0.128 e. The molecule has 1 aliphatic heterocycles. The van der Waals surface area contributed by atoms with Crippen molar-refractivity contribution in [3.63, 3.8) is 0 Å². The van der Waals surface area contributed by atoms with E-state index in [1.807, 2.05) is 19.2 Å². The smallest absolute Gasteiger partial charge is 0.128 e. The molecule has 1 fully saturated rings. The van der Waals surface area contributed by atoms with Gasteiger partial charge in [-0.2, -0.15) is 0 Å². The van der Waals surface area contributed by atoms with Gasteiger partial charge < -0.3 is 15.5 Å². The minimum atomic E-state index is 0.0754. The summed E-state index contributed by atoms with van der Waals surface area (Å²) < 4.78 is 0. The number of aromatic nitrogens is 1. The van der Waals surface area contributed by atoms with Crippen LogP contribution in [0.5, 0.6) is 0 Å². The van der Waals surface area contributed by atoms with Crippen LogP contribution in [-0.2, 0) is 0 Å². The summed E-state index contributed by atoms with van der Waals surface area (Å²) in [5.74, 6) is 1.06. The number of anilines is 1. The van der Waals surface area contributed by atoms with Gasteiger partial charge in [0.2, 0.25) is 0 Å². The third-order valence-electron chi connectivity index (χ3n) is 3.34. The Bertz CT molecular complexity index is 364. The fraction of sp³-hybridized carbons (Fsp3) is 0.615. The van der Waals surface area contributed by atoms with Crippen molar-refractivity contribution in [2.45, 2.75) is 19.4 Å². The molecule has 4 nitrogen and oxygen atoms in total. The van der Waals surface area contributed by atoms with Crippen molar-refractivity contribution in [1.82, 2.24) is 9.88 Å². The van der Waals surface area contributed by atoms with Gasteiger partial charge in [0.25, 0.3) is 0 Å². The Kier molecular flexibility index (Phi) is 3.97. The van der Waals surface area contributed by atoms with Gasteiger partial charge in [-0.25, -0.2) is 4.98 Å². The molecule has 1 atom stereocenters. The number of pyridine rings is 1. The van der Waals surface area contributed by atoms with Crippen LogP contribution < -0.4 is 10.6 Å². The molecule has 0 spiro atoms. The highest BCUT2D eigenvalue weighted by atomic mass is 15.2. The zero-order valence-corrected chi connectivity index (χ0v) is 10.8. The third-order valence-corrected chi connectivity index (χ3v) is 3.34. The van der Waals surface area contributed by atoms with Crippen LogP contribution in [-0.4, -0.2) is 43.1 Å². The maximum absolute atomic E-state index is 5.91. The summed E-state index contributed by atoms with van der Waals surface area (Å²) in [6.07, 6.45) is 3.06. The van der Waals surface area contributed by atoms with Crippen LogP contribution in [0.15, 0.2) is 18.3 Å². The van der Waals surface area contributed by atoms with E-state index in [0.717, 1.165) is 31.0 Å². The maximum atomic E-state index is 5.91. The molecule has 94 valence electrons. The topological polar surface area (TPSA) is 45.4 Å². The lowest BCUT2D eigenvalue weighted by Crippen LogP contribution is -2.29. The zero-order chi connectivity index (χ0) is 12.3. The quantitative estimate of drug-likeness (QED) is 0.836. The second kappa shape index (κ2) is 5.47. The molecule has 0 bridgehead atoms. The van der Waals surface area contributed by atoms with Gasteiger partial charge >= 0.3 is 0 Å². The van der Waals surface area contributed by atoms with Crippen molar-refractivity contribution in [2.24, 2.45) is 5.73 Å². The number of hydrogen-bond donors (Lipinski definition) is 1. The minimum absolute atomic E-state index is 0.0754. The first-order chi connectivity index (χ1) is 8.16. The van der Waals surface area contributed by atoms with E-state index in [4.69, 9.17) is 5.73 Å². The second-order valence-corrected chi connectivity index (χ2v) is 4.88. The molecular formula is C13H22N4. The molecule has 1 aliphatic rings. The van der Waals surface area contributed by atoms with E-state index in [-0.39, 0.29) is 6.04 Å². The normalized spacial score (nSPS) is 20.1. The molecule has 0 unspecified atom stereocenters. The molecule has 2 rings (SSSR count). The lowest BCUT2D eigenvalue weighted by molar-refractivity contribution is 0.360. The second-order valence-electron chi connectivity index (χ2n) is 4.88. The first-order valence-corrected chi connectivity index (χ1v) is 6.32. The van der Waals surface area contributed by atoms with Gasteiger partial charge in [-0.05, 0) is 44.6 Å². The molecule has 2 N–H and O–H groups in total. The predicted octanol–water partition coefficient (Wildman–Crippen LogP) is 1.24. The van der Waals surface area contributed by atoms with Crippen LogP contribution in [0.2, 0.25) is 0 Å². The summed E-state index contributed by atoms with van der Waals surface area (Å²) in [7, 11) is 2.18. The van der Waals surface area contributed by atoms with Crippen LogP contribution >= 0.6 is 0 Å². The summed E-state index contributed by atoms with van der Waals surface area (Å²) in [5.41, 5.74) is 7.07. The van der Waals surface area contributed by atoms with Crippen molar-refractivity contribution in [1.29, 1.82) is 0 Å². The average molecular weight is 234 g/mol. The van der Waals surface area contributed by atoms with Crippen molar-refractivity contribution >= 4 is 5.82 Å². The van der Waals surface area contributed by atoms with Crippen LogP contribution in [0.3, 0.4) is 0 Å². The fourth-order valence-corrected chi connectivity index (χ4v) is 2.17. The van der Waals surface area contributed by atoms with Crippen LogP contribution in [0.1, 0.15) is 24.9 Å². The molecule has 0 saturated carbocycles. The Morgan fingerprint density at radius 3 is 2.88 bits per heavy atom. The molecule has 0 aromatic carbocycles. The van der Waals surface area contributed by atoms with Gasteiger partial charge in [0.05, 0.1) is 0 Å². The number of nitrogens with two attached hydrogens (primary N) is 1. The molecule has 1 saturated heterocycles. The van der Waals surface area contributed by atoms with Crippen molar-refractivity contribution in [3.05, 3.63) is 23.9 Å². The first-order valence-electron chi connectivity index (χ1n) is 6.32. The zero-order valence-electron chi connectivity index (χ0n) is 10.8. The molecular weight excluding hydrogens is 212 g/mol. The average Bonchev–Trinajstić information content (AvgIpc) is 2.54. The highest BCUT2D eigenvalue weighted by Crippen LogP contribution is 2.17. The fourth-order valence-electron chi connectivity index (χ4n) is 2.17. The largest absolute Gasteiger partial charge is 0.355 e. The van der Waals surface area contributed by atoms with E-state index in [9.17, 15) is 0 Å². The van der Waals surface area contributed by atoms with E-state index < -0.39 is 0 Å². The summed E-state index contributed by atoms with van der Waals surface area (Å²) >= 11 is 0. The number of hydrogen-bond acceptors (Lipinski definition) is 4. The molecule has 0 amide bonds. The summed E-state index contributed by atoms with van der Waals surface area (Å²) in [6, 6.07) is 4.19. The number of likely N-dealkylation sites (N-methyl/N-ethyl adjacent to an activating group) is 1. The Hall–Kier alpha value is -1.13. The highest BCUT2D eigenvalue weighted by molar-refractivity contribution is 5.41. The van der Waals surface area contributed by atoms with E-state index in [2.05, 4.69) is 27.9 Å². The van der Waals surface area contributed by atoms with Gasteiger partial charge in [-0.15, -0.1) is 0 Å². The van der Waals surface area contributed by atoms with Crippen molar-refractivity contribution < 1.29 is 0 Å². The van der Waals surface area contributed by atoms with Crippen LogP contribution in [0, 0.1) is 0 Å². The summed E-state index contributed by atoms with van der Waals surface area (Å²) in [4.78, 5) is 9.19. The van der Waals surface area contributed by atoms with Gasteiger partial charge in [0, 0.05) is 31.9 Å². The lowest BCUT2D eigenvalue weighted by Gasteiger charge is -2.22. The van der Waals surface area contributed by atoms with Gasteiger partial charge in [0.1, 0.15) is 5.82 Å². The summed E-state index contributed by atoms with van der Waals surface area (Å²) in [6.45, 7) is 6.41. The number of rotatable bonds is 2. The van der Waals surface area contributed by atoms with Crippen LogP contribution in [0.4, 0.5) is 5.82 Å². The molecule has 2 heterocycles. The lowest BCUT2D eigenvalue weighted by atomic mass is 10.1. The SMILES string of the molecule is C[C@H](N)c1ccnc(N2CCCN(C)CC2)c1. The Balaban J connectivity index is 2.13. The Labute approximate surface area is 103 Å². The standard InChI is InChI=1S/C13H22N4/c1-11(14)12-4-5-15-13(10-12)17-7-3-6-16(2)8-9-17/h4-5,10-11H,3,6-9,14H2,1-2H3/t11-/m0/s1. The van der Waals surface area contributed by atoms with Gasteiger partial charge in [-0.3, -0.25) is 0 Å². The van der Waals surface area contributed by atoms with E-state index in [1.165, 1.54) is 13.0 Å². The molecule has 0 radical (unpaired) electrons. The highest BCUT2D eigenvalue weighted by Gasteiger charge is 2.14. The monoisotopic (exact) mass is 234 g/mol. The molecule has 17 heavy (non-hydrogen) atoms. The molecule has 1 aromatic rings. The molecule has 4 heteroatoms. The molecule has 1 aromatic heterocycles. The first kappa shape index (κ1) is 12.3. The van der Waals surface area contributed by atoms with Gasteiger partial charge in [-0.1, -0.05) is 0 Å². The van der Waals surface area contributed by atoms with E-state index in [1.54, 1.807) is 0 Å². The van der Waals surface area contributed by atoms with Gasteiger partial charge in [0.15, 0.2) is 0 Å². The minimum Gasteiger partial charge on any atom is -0.355 e. The third kappa shape index (κ3) is 3.17. The Morgan fingerprint density at radius 2 is 2.12 bits per heavy atom. The van der Waals surface area contributed by atoms with Crippen LogP contribution in [0.25, 0.3) is 0 Å². The predicted molar refractivity (Wildman–Crippen MR) is 71.2 cm³/mol. The van der Waals surface area contributed by atoms with Crippen molar-refractivity contribution in [3.8, 4) is 0 Å². The Morgan fingerprint density at radius 1 is 1.29 bits per heavy atom. The number of nitrogens with zero attached hydrogens (tertiary/aromatic N) is 3. The van der Waals surface area contributed by atoms with Crippen molar-refractivity contribution in [2.75, 3.05) is 38.1 Å². The molecule has 0 aliphatic carbocycles. The summed E-state index contributed by atoms with van der Waals surface area (Å²) in [5, 5.41) is 0. The van der Waals surface area contributed by atoms with E-state index in [0.29, 0.717) is 0 Å².